The lowest BCUT2D eigenvalue weighted by molar-refractivity contribution is 0.634. The lowest BCUT2D eigenvalue weighted by atomic mass is 9.99. The number of aromatic nitrogens is 1. The van der Waals surface area contributed by atoms with E-state index in [1.165, 1.54) is 5.56 Å². The maximum atomic E-state index is 5.64. The average Bonchev–Trinajstić information content (AvgIpc) is 2.30. The highest BCUT2D eigenvalue weighted by molar-refractivity contribution is 9.10. The Hall–Kier alpha value is -1.23. The minimum Gasteiger partial charge on any atom is -0.271 e. The van der Waals surface area contributed by atoms with Gasteiger partial charge in [-0.15, -0.1) is 0 Å². The van der Waals surface area contributed by atoms with E-state index in [0.29, 0.717) is 0 Å². The van der Waals surface area contributed by atoms with Gasteiger partial charge in [-0.05, 0) is 41.8 Å². The van der Waals surface area contributed by atoms with Crippen molar-refractivity contribution in [2.45, 2.75) is 13.0 Å². The van der Waals surface area contributed by atoms with Gasteiger partial charge in [-0.1, -0.05) is 28.1 Å². The second kappa shape index (κ2) is 5.40. The molecule has 2 aromatic rings. The summed E-state index contributed by atoms with van der Waals surface area (Å²) in [5.41, 5.74) is 6.19. The summed E-state index contributed by atoms with van der Waals surface area (Å²) in [6, 6.07) is 10.1. The molecule has 1 heterocycles. The van der Waals surface area contributed by atoms with Crippen LogP contribution in [0.4, 0.5) is 0 Å². The molecule has 0 amide bonds. The van der Waals surface area contributed by atoms with Gasteiger partial charge >= 0.3 is 0 Å². The van der Waals surface area contributed by atoms with Crippen molar-refractivity contribution >= 4 is 15.9 Å². The van der Waals surface area contributed by atoms with Gasteiger partial charge in [0.1, 0.15) is 0 Å². The van der Waals surface area contributed by atoms with E-state index in [-0.39, 0.29) is 6.04 Å². The molecule has 0 radical (unpaired) electrons. The van der Waals surface area contributed by atoms with Crippen molar-refractivity contribution in [2.24, 2.45) is 5.84 Å². The molecular weight excluding hydrogens is 278 g/mol. The van der Waals surface area contributed by atoms with Crippen LogP contribution in [0.1, 0.15) is 22.7 Å². The number of pyridine rings is 1. The Bertz CT molecular complexity index is 479. The largest absolute Gasteiger partial charge is 0.271 e. The molecule has 1 atom stereocenters. The Morgan fingerprint density at radius 3 is 2.71 bits per heavy atom. The summed E-state index contributed by atoms with van der Waals surface area (Å²) in [5.74, 6) is 5.64. The van der Waals surface area contributed by atoms with E-state index in [1.807, 2.05) is 18.3 Å². The van der Waals surface area contributed by atoms with Crippen molar-refractivity contribution in [1.29, 1.82) is 0 Å². The molecule has 88 valence electrons. The molecule has 2 rings (SSSR count). The first-order valence-corrected chi connectivity index (χ1v) is 6.13. The van der Waals surface area contributed by atoms with Crippen LogP contribution in [0.25, 0.3) is 0 Å². The molecule has 3 N–H and O–H groups in total. The van der Waals surface area contributed by atoms with Crippen LogP contribution in [-0.2, 0) is 0 Å². The molecule has 3 nitrogen and oxygen atoms in total. The number of halogens is 1. The molecule has 4 heteroatoms. The highest BCUT2D eigenvalue weighted by Gasteiger charge is 2.13. The number of nitrogens with one attached hydrogen (secondary N) is 1. The third-order valence-corrected chi connectivity index (χ3v) is 3.04. The first-order valence-electron chi connectivity index (χ1n) is 5.34. The van der Waals surface area contributed by atoms with Gasteiger partial charge in [-0.2, -0.15) is 0 Å². The van der Waals surface area contributed by atoms with Gasteiger partial charge in [-0.25, -0.2) is 5.43 Å². The molecular formula is C13H14BrN3. The van der Waals surface area contributed by atoms with Gasteiger partial charge in [0.05, 0.1) is 6.04 Å². The van der Waals surface area contributed by atoms with E-state index >= 15 is 0 Å². The molecule has 1 unspecified atom stereocenters. The van der Waals surface area contributed by atoms with E-state index < -0.39 is 0 Å². The molecule has 0 spiro atoms. The number of nitrogens with two attached hydrogens (primary N) is 1. The SMILES string of the molecule is Cc1cc(Br)cc(C(NN)c2cccnc2)c1. The van der Waals surface area contributed by atoms with E-state index in [1.54, 1.807) is 6.20 Å². The number of aryl methyl sites for hydroxylation is 1. The quantitative estimate of drug-likeness (QED) is 0.675. The number of benzene rings is 1. The number of hydrogen-bond donors (Lipinski definition) is 2. The Morgan fingerprint density at radius 2 is 2.12 bits per heavy atom. The zero-order valence-electron chi connectivity index (χ0n) is 9.52. The van der Waals surface area contributed by atoms with Crippen molar-refractivity contribution in [1.82, 2.24) is 10.4 Å². The van der Waals surface area contributed by atoms with Crippen molar-refractivity contribution in [3.8, 4) is 0 Å². The van der Waals surface area contributed by atoms with Crippen LogP contribution >= 0.6 is 15.9 Å². The zero-order valence-corrected chi connectivity index (χ0v) is 11.1. The first-order chi connectivity index (χ1) is 8.20. The number of hydrogen-bond acceptors (Lipinski definition) is 3. The molecule has 0 bridgehead atoms. The molecule has 1 aromatic carbocycles. The summed E-state index contributed by atoms with van der Waals surface area (Å²) >= 11 is 3.50. The minimum atomic E-state index is -0.0418. The van der Waals surface area contributed by atoms with Gasteiger partial charge in [-0.3, -0.25) is 10.8 Å². The average molecular weight is 292 g/mol. The third kappa shape index (κ3) is 2.91. The molecule has 0 saturated carbocycles. The molecule has 17 heavy (non-hydrogen) atoms. The lowest BCUT2D eigenvalue weighted by Gasteiger charge is -2.17. The Morgan fingerprint density at radius 1 is 1.29 bits per heavy atom. The van der Waals surface area contributed by atoms with Crippen LogP contribution in [0.5, 0.6) is 0 Å². The Labute approximate surface area is 109 Å². The predicted octanol–water partition coefficient (Wildman–Crippen LogP) is 2.71. The topological polar surface area (TPSA) is 50.9 Å². The fraction of sp³-hybridized carbons (Fsp3) is 0.154. The molecule has 0 saturated heterocycles. The lowest BCUT2D eigenvalue weighted by Crippen LogP contribution is -2.29. The van der Waals surface area contributed by atoms with Gasteiger partial charge in [0, 0.05) is 16.9 Å². The normalized spacial score (nSPS) is 12.4. The summed E-state index contributed by atoms with van der Waals surface area (Å²) in [6.07, 6.45) is 3.57. The van der Waals surface area contributed by atoms with Crippen LogP contribution < -0.4 is 11.3 Å². The fourth-order valence-electron chi connectivity index (χ4n) is 1.86. The summed E-state index contributed by atoms with van der Waals surface area (Å²) in [7, 11) is 0. The van der Waals surface area contributed by atoms with Gasteiger partial charge in [0.2, 0.25) is 0 Å². The van der Waals surface area contributed by atoms with Crippen LogP contribution in [-0.4, -0.2) is 4.98 Å². The van der Waals surface area contributed by atoms with Crippen LogP contribution in [0.3, 0.4) is 0 Å². The molecule has 0 aliphatic carbocycles. The highest BCUT2D eigenvalue weighted by atomic mass is 79.9. The molecule has 1 aromatic heterocycles. The summed E-state index contributed by atoms with van der Waals surface area (Å²) in [4.78, 5) is 4.12. The molecule has 0 aliphatic heterocycles. The number of hydrazine groups is 1. The molecule has 0 fully saturated rings. The summed E-state index contributed by atoms with van der Waals surface area (Å²) in [5, 5.41) is 0. The van der Waals surface area contributed by atoms with Crippen LogP contribution in [0.2, 0.25) is 0 Å². The Balaban J connectivity index is 2.42. The van der Waals surface area contributed by atoms with E-state index in [4.69, 9.17) is 5.84 Å². The Kier molecular flexibility index (Phi) is 3.89. The fourth-order valence-corrected chi connectivity index (χ4v) is 2.49. The number of nitrogens with zero attached hydrogens (tertiary/aromatic N) is 1. The highest BCUT2D eigenvalue weighted by Crippen LogP contribution is 2.24. The standard InChI is InChI=1S/C13H14BrN3/c1-9-5-11(7-12(14)6-9)13(17-15)10-3-2-4-16-8-10/h2-8,13,17H,15H2,1H3. The van der Waals surface area contributed by atoms with Crippen molar-refractivity contribution in [2.75, 3.05) is 0 Å². The summed E-state index contributed by atoms with van der Waals surface area (Å²) in [6.45, 7) is 2.06. The van der Waals surface area contributed by atoms with Gasteiger partial charge < -0.3 is 0 Å². The smallest absolute Gasteiger partial charge is 0.0725 e. The van der Waals surface area contributed by atoms with E-state index in [0.717, 1.165) is 15.6 Å². The van der Waals surface area contributed by atoms with Gasteiger partial charge in [0.15, 0.2) is 0 Å². The van der Waals surface area contributed by atoms with Gasteiger partial charge in [0.25, 0.3) is 0 Å². The maximum absolute atomic E-state index is 5.64. The summed E-state index contributed by atoms with van der Waals surface area (Å²) < 4.78 is 1.05. The zero-order chi connectivity index (χ0) is 12.3. The molecule has 0 aliphatic rings. The predicted molar refractivity (Wildman–Crippen MR) is 72.3 cm³/mol. The monoisotopic (exact) mass is 291 g/mol. The van der Waals surface area contributed by atoms with E-state index in [9.17, 15) is 0 Å². The second-order valence-electron chi connectivity index (χ2n) is 3.95. The van der Waals surface area contributed by atoms with Crippen molar-refractivity contribution in [3.05, 3.63) is 63.9 Å². The van der Waals surface area contributed by atoms with Crippen molar-refractivity contribution < 1.29 is 0 Å². The third-order valence-electron chi connectivity index (χ3n) is 2.58. The maximum Gasteiger partial charge on any atom is 0.0725 e. The van der Waals surface area contributed by atoms with Crippen LogP contribution in [0.15, 0.2) is 47.2 Å². The number of rotatable bonds is 3. The first kappa shape index (κ1) is 12.2. The second-order valence-corrected chi connectivity index (χ2v) is 4.86. The van der Waals surface area contributed by atoms with Crippen molar-refractivity contribution in [3.63, 3.8) is 0 Å². The van der Waals surface area contributed by atoms with E-state index in [2.05, 4.69) is 51.5 Å². The minimum absolute atomic E-state index is 0.0418. The van der Waals surface area contributed by atoms with Crippen LogP contribution in [0, 0.1) is 6.92 Å².